The zero-order valence-electron chi connectivity index (χ0n) is 8.27. The largest absolute Gasteiger partial charge is 0.345 e. The van der Waals surface area contributed by atoms with Gasteiger partial charge in [0.1, 0.15) is 0 Å². The van der Waals surface area contributed by atoms with Gasteiger partial charge in [0.25, 0.3) is 0 Å². The summed E-state index contributed by atoms with van der Waals surface area (Å²) in [6.45, 7) is 0. The quantitative estimate of drug-likeness (QED) is 0.635. The van der Waals surface area contributed by atoms with Crippen molar-refractivity contribution >= 4 is 17.3 Å². The van der Waals surface area contributed by atoms with Crippen molar-refractivity contribution in [3.05, 3.63) is 36.3 Å². The summed E-state index contributed by atoms with van der Waals surface area (Å²) in [6.07, 6.45) is 3.94. The Morgan fingerprint density at radius 1 is 1.31 bits per heavy atom. The summed E-state index contributed by atoms with van der Waals surface area (Å²) in [5, 5.41) is 6.67. The number of carbonyl (C=O) groups excluding carboxylic acids is 1. The molecule has 3 aromatic rings. The van der Waals surface area contributed by atoms with E-state index in [1.165, 1.54) is 6.20 Å². The second-order valence-electron chi connectivity index (χ2n) is 3.45. The number of aldehydes is 1. The Kier molecular flexibility index (Phi) is 1.83. The highest BCUT2D eigenvalue weighted by atomic mass is 16.1. The van der Waals surface area contributed by atoms with Gasteiger partial charge in [-0.05, 0) is 12.1 Å². The highest BCUT2D eigenvalue weighted by molar-refractivity contribution is 5.88. The molecule has 0 amide bonds. The van der Waals surface area contributed by atoms with E-state index in [1.807, 2.05) is 18.2 Å². The van der Waals surface area contributed by atoms with E-state index in [0.717, 1.165) is 28.6 Å². The Morgan fingerprint density at radius 2 is 2.25 bits per heavy atom. The molecular formula is C11H8N4O. The van der Waals surface area contributed by atoms with Gasteiger partial charge in [0.2, 0.25) is 0 Å². The monoisotopic (exact) mass is 212 g/mol. The number of fused-ring (bicyclic) bond motifs is 1. The third kappa shape index (κ3) is 1.22. The molecule has 2 heterocycles. The van der Waals surface area contributed by atoms with Crippen molar-refractivity contribution < 1.29 is 4.79 Å². The lowest BCUT2D eigenvalue weighted by molar-refractivity contribution is 0.112. The molecule has 0 bridgehead atoms. The first-order chi connectivity index (χ1) is 7.88. The zero-order chi connectivity index (χ0) is 11.0. The maximum absolute atomic E-state index is 10.8. The van der Waals surface area contributed by atoms with Crippen LogP contribution in [0.5, 0.6) is 0 Å². The van der Waals surface area contributed by atoms with E-state index >= 15 is 0 Å². The predicted molar refractivity (Wildman–Crippen MR) is 59.1 cm³/mol. The molecule has 0 spiro atoms. The summed E-state index contributed by atoms with van der Waals surface area (Å²) >= 11 is 0. The van der Waals surface area contributed by atoms with Gasteiger partial charge in [-0.1, -0.05) is 6.07 Å². The van der Waals surface area contributed by atoms with Gasteiger partial charge in [0.05, 0.1) is 34.8 Å². The van der Waals surface area contributed by atoms with Crippen LogP contribution in [0.15, 0.2) is 30.7 Å². The molecule has 1 aromatic carbocycles. The standard InChI is InChI=1S/C11H8N4O/c16-5-8-4-14-15-11(8)7-1-2-9-10(3-7)13-6-12-9/h1-6H,(H,12,13)(H,14,15). The number of hydrogen-bond donors (Lipinski definition) is 2. The van der Waals surface area contributed by atoms with Crippen LogP contribution in [0, 0.1) is 0 Å². The van der Waals surface area contributed by atoms with Crippen LogP contribution in [0.4, 0.5) is 0 Å². The number of aromatic nitrogens is 4. The second-order valence-corrected chi connectivity index (χ2v) is 3.45. The summed E-state index contributed by atoms with van der Waals surface area (Å²) in [6, 6.07) is 5.74. The molecule has 78 valence electrons. The van der Waals surface area contributed by atoms with Crippen molar-refractivity contribution in [2.75, 3.05) is 0 Å². The second kappa shape index (κ2) is 3.30. The van der Waals surface area contributed by atoms with Gasteiger partial charge in [-0.15, -0.1) is 0 Å². The molecule has 0 fully saturated rings. The predicted octanol–water partition coefficient (Wildman–Crippen LogP) is 1.77. The summed E-state index contributed by atoms with van der Waals surface area (Å²) < 4.78 is 0. The van der Waals surface area contributed by atoms with Crippen LogP contribution in [-0.2, 0) is 0 Å². The SMILES string of the molecule is O=Cc1cn[nH]c1-c1ccc2nc[nH]c2c1. The molecule has 2 N–H and O–H groups in total. The zero-order valence-corrected chi connectivity index (χ0v) is 8.27. The van der Waals surface area contributed by atoms with Crippen molar-refractivity contribution in [2.24, 2.45) is 0 Å². The van der Waals surface area contributed by atoms with Crippen molar-refractivity contribution in [1.82, 2.24) is 20.2 Å². The smallest absolute Gasteiger partial charge is 0.153 e. The van der Waals surface area contributed by atoms with Crippen LogP contribution in [0.25, 0.3) is 22.3 Å². The van der Waals surface area contributed by atoms with Gasteiger partial charge in [-0.2, -0.15) is 5.10 Å². The third-order valence-corrected chi connectivity index (χ3v) is 2.50. The van der Waals surface area contributed by atoms with Crippen LogP contribution in [0.3, 0.4) is 0 Å². The molecule has 5 nitrogen and oxygen atoms in total. The van der Waals surface area contributed by atoms with Gasteiger partial charge >= 0.3 is 0 Å². The third-order valence-electron chi connectivity index (χ3n) is 2.50. The molecule has 5 heteroatoms. The van der Waals surface area contributed by atoms with Crippen LogP contribution in [0.1, 0.15) is 10.4 Å². The van der Waals surface area contributed by atoms with Crippen LogP contribution < -0.4 is 0 Å². The van der Waals surface area contributed by atoms with Crippen molar-refractivity contribution in [2.45, 2.75) is 0 Å². The van der Waals surface area contributed by atoms with E-state index < -0.39 is 0 Å². The molecule has 0 saturated heterocycles. The van der Waals surface area contributed by atoms with Gasteiger partial charge in [-0.25, -0.2) is 4.98 Å². The van der Waals surface area contributed by atoms with E-state index in [-0.39, 0.29) is 0 Å². The van der Waals surface area contributed by atoms with E-state index in [4.69, 9.17) is 0 Å². The Labute approximate surface area is 90.5 Å². The maximum atomic E-state index is 10.8. The number of hydrogen-bond acceptors (Lipinski definition) is 3. The van der Waals surface area contributed by atoms with E-state index in [1.54, 1.807) is 6.33 Å². The molecule has 0 radical (unpaired) electrons. The number of nitrogens with one attached hydrogen (secondary N) is 2. The maximum Gasteiger partial charge on any atom is 0.153 e. The van der Waals surface area contributed by atoms with Gasteiger partial charge < -0.3 is 4.98 Å². The number of aromatic amines is 2. The number of H-pyrrole nitrogens is 2. The lowest BCUT2D eigenvalue weighted by Gasteiger charge is -1.98. The van der Waals surface area contributed by atoms with Crippen molar-refractivity contribution in [3.8, 4) is 11.3 Å². The summed E-state index contributed by atoms with van der Waals surface area (Å²) in [7, 11) is 0. The lowest BCUT2D eigenvalue weighted by atomic mass is 10.1. The van der Waals surface area contributed by atoms with Crippen molar-refractivity contribution in [3.63, 3.8) is 0 Å². The first-order valence-corrected chi connectivity index (χ1v) is 4.80. The first-order valence-electron chi connectivity index (χ1n) is 4.80. The minimum atomic E-state index is 0.555. The molecule has 3 rings (SSSR count). The fourth-order valence-electron chi connectivity index (χ4n) is 1.71. The Bertz CT molecular complexity index is 653. The fourth-order valence-corrected chi connectivity index (χ4v) is 1.71. The summed E-state index contributed by atoms with van der Waals surface area (Å²) in [5.41, 5.74) is 4.03. The topological polar surface area (TPSA) is 74.4 Å². The number of nitrogens with zero attached hydrogens (tertiary/aromatic N) is 2. The van der Waals surface area contributed by atoms with E-state index in [2.05, 4.69) is 20.2 Å². The number of benzene rings is 1. The van der Waals surface area contributed by atoms with Gasteiger partial charge in [0.15, 0.2) is 6.29 Å². The Hall–Kier alpha value is -2.43. The normalized spacial score (nSPS) is 10.8. The first kappa shape index (κ1) is 8.84. The molecule has 0 saturated carbocycles. The highest BCUT2D eigenvalue weighted by Crippen LogP contribution is 2.22. The van der Waals surface area contributed by atoms with E-state index in [0.29, 0.717) is 5.56 Å². The van der Waals surface area contributed by atoms with Crippen LogP contribution >= 0.6 is 0 Å². The average molecular weight is 212 g/mol. The summed E-state index contributed by atoms with van der Waals surface area (Å²) in [4.78, 5) is 18.0. The molecule has 2 aromatic heterocycles. The Balaban J connectivity index is 2.21. The number of rotatable bonds is 2. The van der Waals surface area contributed by atoms with Crippen LogP contribution in [0.2, 0.25) is 0 Å². The molecular weight excluding hydrogens is 204 g/mol. The summed E-state index contributed by atoms with van der Waals surface area (Å²) in [5.74, 6) is 0. The molecule has 16 heavy (non-hydrogen) atoms. The highest BCUT2D eigenvalue weighted by Gasteiger charge is 2.07. The molecule has 0 atom stereocenters. The number of carbonyl (C=O) groups is 1. The molecule has 0 aliphatic carbocycles. The average Bonchev–Trinajstić information content (AvgIpc) is 2.96. The van der Waals surface area contributed by atoms with Crippen molar-refractivity contribution in [1.29, 1.82) is 0 Å². The van der Waals surface area contributed by atoms with E-state index in [9.17, 15) is 4.79 Å². The fraction of sp³-hybridized carbons (Fsp3) is 0. The molecule has 0 aliphatic heterocycles. The van der Waals surface area contributed by atoms with Gasteiger partial charge in [0, 0.05) is 5.56 Å². The Morgan fingerprint density at radius 3 is 3.12 bits per heavy atom. The molecule has 0 unspecified atom stereocenters. The lowest BCUT2D eigenvalue weighted by Crippen LogP contribution is -1.84. The van der Waals surface area contributed by atoms with Gasteiger partial charge in [-0.3, -0.25) is 9.89 Å². The minimum absolute atomic E-state index is 0.555. The number of imidazole rings is 1. The van der Waals surface area contributed by atoms with Crippen LogP contribution in [-0.4, -0.2) is 26.5 Å². The molecule has 0 aliphatic rings. The minimum Gasteiger partial charge on any atom is -0.345 e.